The number of carboxylic acid groups (broad SMARTS) is 1. The van der Waals surface area contributed by atoms with E-state index in [2.05, 4.69) is 6.07 Å². The minimum Gasteiger partial charge on any atom is -0.491 e. The molecule has 0 radical (unpaired) electrons. The minimum atomic E-state index is -0.704. The summed E-state index contributed by atoms with van der Waals surface area (Å²) in [7, 11) is 0. The molecule has 0 aliphatic rings. The van der Waals surface area contributed by atoms with Crippen LogP contribution >= 0.6 is 0 Å². The van der Waals surface area contributed by atoms with Crippen LogP contribution in [0.5, 0.6) is 5.75 Å². The molecule has 0 bridgehead atoms. The Kier molecular flexibility index (Phi) is 8.47. The molecular formula is C16H24O4. The number of hydrogen-bond donors (Lipinski definition) is 2. The highest BCUT2D eigenvalue weighted by atomic mass is 16.5. The normalized spacial score (nSPS) is 10.4. The Morgan fingerprint density at radius 2 is 1.85 bits per heavy atom. The Labute approximate surface area is 120 Å². The molecule has 0 fully saturated rings. The van der Waals surface area contributed by atoms with Crippen LogP contribution in [0.1, 0.15) is 44.1 Å². The number of aliphatic carboxylic acids is 1. The van der Waals surface area contributed by atoms with Crippen LogP contribution in [0.25, 0.3) is 0 Å². The first-order valence-corrected chi connectivity index (χ1v) is 7.27. The molecule has 0 saturated heterocycles. The van der Waals surface area contributed by atoms with E-state index in [1.54, 1.807) is 0 Å². The first kappa shape index (κ1) is 16.5. The van der Waals surface area contributed by atoms with Crippen LogP contribution in [0.3, 0.4) is 0 Å². The van der Waals surface area contributed by atoms with Gasteiger partial charge in [0.15, 0.2) is 0 Å². The van der Waals surface area contributed by atoms with Crippen LogP contribution in [0, 0.1) is 0 Å². The third-order valence-corrected chi connectivity index (χ3v) is 3.11. The van der Waals surface area contributed by atoms with Crippen LogP contribution in [0.15, 0.2) is 24.3 Å². The van der Waals surface area contributed by atoms with E-state index in [0.717, 1.165) is 44.3 Å². The fraction of sp³-hybridized carbons (Fsp3) is 0.562. The molecule has 1 aromatic carbocycles. The SMILES string of the molecule is O=C(O)CCCCCCCc1cccc(OCCO)c1. The standard InChI is InChI=1S/C16H24O4/c17-11-12-20-15-9-6-8-14(13-15)7-4-2-1-3-5-10-16(18)19/h6,8-9,13,17H,1-5,7,10-12H2,(H,18,19). The van der Waals surface area contributed by atoms with E-state index in [4.69, 9.17) is 14.9 Å². The summed E-state index contributed by atoms with van der Waals surface area (Å²) >= 11 is 0. The number of unbranched alkanes of at least 4 members (excludes halogenated alkanes) is 4. The van der Waals surface area contributed by atoms with E-state index in [1.165, 1.54) is 5.56 Å². The Bertz CT molecular complexity index is 390. The number of aliphatic hydroxyl groups is 1. The fourth-order valence-corrected chi connectivity index (χ4v) is 2.09. The molecule has 112 valence electrons. The van der Waals surface area contributed by atoms with Crippen LogP contribution < -0.4 is 4.74 Å². The number of ether oxygens (including phenoxy) is 1. The van der Waals surface area contributed by atoms with Crippen LogP contribution in [-0.4, -0.2) is 29.4 Å². The first-order valence-electron chi connectivity index (χ1n) is 7.27. The Balaban J connectivity index is 2.13. The maximum absolute atomic E-state index is 10.4. The van der Waals surface area contributed by atoms with E-state index < -0.39 is 5.97 Å². The molecule has 0 aliphatic heterocycles. The molecule has 0 heterocycles. The zero-order valence-electron chi connectivity index (χ0n) is 11.9. The van der Waals surface area contributed by atoms with Crippen molar-refractivity contribution in [2.24, 2.45) is 0 Å². The van der Waals surface area contributed by atoms with E-state index >= 15 is 0 Å². The summed E-state index contributed by atoms with van der Waals surface area (Å²) in [6.07, 6.45) is 6.39. The minimum absolute atomic E-state index is 0.0283. The van der Waals surface area contributed by atoms with E-state index in [0.29, 0.717) is 6.61 Å². The Hall–Kier alpha value is -1.55. The lowest BCUT2D eigenvalue weighted by molar-refractivity contribution is -0.137. The highest BCUT2D eigenvalue weighted by Gasteiger charge is 1.99. The number of carbonyl (C=O) groups is 1. The largest absolute Gasteiger partial charge is 0.491 e. The van der Waals surface area contributed by atoms with Crippen molar-refractivity contribution in [1.82, 2.24) is 0 Å². The zero-order chi connectivity index (χ0) is 14.6. The average Bonchev–Trinajstić information content (AvgIpc) is 2.44. The molecule has 4 nitrogen and oxygen atoms in total. The maximum atomic E-state index is 10.4. The monoisotopic (exact) mass is 280 g/mol. The first-order chi connectivity index (χ1) is 9.72. The summed E-state index contributed by atoms with van der Waals surface area (Å²) in [6.45, 7) is 0.355. The molecule has 1 aromatic rings. The summed E-state index contributed by atoms with van der Waals surface area (Å²) in [5.41, 5.74) is 1.24. The van der Waals surface area contributed by atoms with Crippen molar-refractivity contribution < 1.29 is 19.7 Å². The van der Waals surface area contributed by atoms with E-state index in [-0.39, 0.29) is 13.0 Å². The number of benzene rings is 1. The molecule has 1 rings (SSSR count). The smallest absolute Gasteiger partial charge is 0.303 e. The van der Waals surface area contributed by atoms with E-state index in [1.807, 2.05) is 18.2 Å². The lowest BCUT2D eigenvalue weighted by Gasteiger charge is -2.07. The number of aliphatic hydroxyl groups excluding tert-OH is 1. The van der Waals surface area contributed by atoms with E-state index in [9.17, 15) is 4.79 Å². The molecule has 0 amide bonds. The van der Waals surface area contributed by atoms with Crippen molar-refractivity contribution in [2.75, 3.05) is 13.2 Å². The van der Waals surface area contributed by atoms with Crippen LogP contribution in [0.4, 0.5) is 0 Å². The molecule has 2 N–H and O–H groups in total. The van der Waals surface area contributed by atoms with Crippen molar-refractivity contribution in [2.45, 2.75) is 44.9 Å². The van der Waals surface area contributed by atoms with Crippen molar-refractivity contribution in [3.8, 4) is 5.75 Å². The average molecular weight is 280 g/mol. The highest BCUT2D eigenvalue weighted by molar-refractivity contribution is 5.66. The van der Waals surface area contributed by atoms with Crippen LogP contribution in [-0.2, 0) is 11.2 Å². The van der Waals surface area contributed by atoms with Crippen molar-refractivity contribution in [3.05, 3.63) is 29.8 Å². The van der Waals surface area contributed by atoms with Gasteiger partial charge < -0.3 is 14.9 Å². The summed E-state index contributed by atoms with van der Waals surface area (Å²) in [4.78, 5) is 10.4. The predicted molar refractivity (Wildman–Crippen MR) is 78.1 cm³/mol. The van der Waals surface area contributed by atoms with Gasteiger partial charge in [0.05, 0.1) is 6.61 Å². The number of hydrogen-bond acceptors (Lipinski definition) is 3. The topological polar surface area (TPSA) is 66.8 Å². The number of rotatable bonds is 11. The molecule has 0 unspecified atom stereocenters. The van der Waals surface area contributed by atoms with Crippen molar-refractivity contribution in [3.63, 3.8) is 0 Å². The second-order valence-electron chi connectivity index (χ2n) is 4.88. The molecule has 0 aliphatic carbocycles. The van der Waals surface area contributed by atoms with Gasteiger partial charge in [-0.15, -0.1) is 0 Å². The van der Waals surface area contributed by atoms with Crippen molar-refractivity contribution >= 4 is 5.97 Å². The number of aryl methyl sites for hydroxylation is 1. The molecule has 20 heavy (non-hydrogen) atoms. The fourth-order valence-electron chi connectivity index (χ4n) is 2.09. The summed E-state index contributed by atoms with van der Waals surface area (Å²) in [5.74, 6) is 0.0997. The Morgan fingerprint density at radius 1 is 1.10 bits per heavy atom. The quantitative estimate of drug-likeness (QED) is 0.611. The van der Waals surface area contributed by atoms with Gasteiger partial charge >= 0.3 is 5.97 Å². The summed E-state index contributed by atoms with van der Waals surface area (Å²) in [6, 6.07) is 7.95. The Morgan fingerprint density at radius 3 is 2.60 bits per heavy atom. The van der Waals surface area contributed by atoms with Gasteiger partial charge in [-0.1, -0.05) is 31.4 Å². The maximum Gasteiger partial charge on any atom is 0.303 e. The lowest BCUT2D eigenvalue weighted by Crippen LogP contribution is -2.01. The van der Waals surface area contributed by atoms with Gasteiger partial charge in [0.2, 0.25) is 0 Å². The van der Waals surface area contributed by atoms with Crippen molar-refractivity contribution in [1.29, 1.82) is 0 Å². The third kappa shape index (κ3) is 7.79. The van der Waals surface area contributed by atoms with Gasteiger partial charge in [-0.05, 0) is 37.0 Å². The summed E-state index contributed by atoms with van der Waals surface area (Å²) in [5, 5.41) is 17.2. The highest BCUT2D eigenvalue weighted by Crippen LogP contribution is 2.16. The van der Waals surface area contributed by atoms with Gasteiger partial charge in [0, 0.05) is 6.42 Å². The number of carboxylic acids is 1. The van der Waals surface area contributed by atoms with Crippen LogP contribution in [0.2, 0.25) is 0 Å². The van der Waals surface area contributed by atoms with Gasteiger partial charge in [-0.25, -0.2) is 0 Å². The molecule has 0 saturated carbocycles. The second-order valence-corrected chi connectivity index (χ2v) is 4.88. The molecule has 0 aromatic heterocycles. The third-order valence-electron chi connectivity index (χ3n) is 3.11. The predicted octanol–water partition coefficient (Wildman–Crippen LogP) is 3.03. The van der Waals surface area contributed by atoms with Gasteiger partial charge in [0.1, 0.15) is 12.4 Å². The van der Waals surface area contributed by atoms with Gasteiger partial charge in [-0.2, -0.15) is 0 Å². The lowest BCUT2D eigenvalue weighted by atomic mass is 10.0. The second kappa shape index (κ2) is 10.3. The van der Waals surface area contributed by atoms with Gasteiger partial charge in [0.25, 0.3) is 0 Å². The van der Waals surface area contributed by atoms with Gasteiger partial charge in [-0.3, -0.25) is 4.79 Å². The molecule has 0 atom stereocenters. The molecule has 4 heteroatoms. The summed E-state index contributed by atoms with van der Waals surface area (Å²) < 4.78 is 5.37. The zero-order valence-corrected chi connectivity index (χ0v) is 11.9. The molecular weight excluding hydrogens is 256 g/mol. The molecule has 0 spiro atoms.